The first-order chi connectivity index (χ1) is 9.41. The van der Waals surface area contributed by atoms with Crippen LogP contribution in [0.4, 0.5) is 5.82 Å². The summed E-state index contributed by atoms with van der Waals surface area (Å²) in [6, 6.07) is 2.08. The molecule has 110 valence electrons. The summed E-state index contributed by atoms with van der Waals surface area (Å²) < 4.78 is 0. The molecular weight excluding hydrogens is 294 g/mol. The van der Waals surface area contributed by atoms with E-state index in [2.05, 4.69) is 42.1 Å². The summed E-state index contributed by atoms with van der Waals surface area (Å²) >= 11 is 7.60. The van der Waals surface area contributed by atoms with E-state index in [1.807, 2.05) is 0 Å². The van der Waals surface area contributed by atoms with Gasteiger partial charge in [-0.1, -0.05) is 13.8 Å². The largest absolute Gasteiger partial charge is 0.396 e. The third kappa shape index (κ3) is 3.81. The third-order valence-electron chi connectivity index (χ3n) is 3.23. The first-order valence-corrected chi connectivity index (χ1v) is 7.89. The molecule has 2 aromatic rings. The lowest BCUT2D eigenvalue weighted by Gasteiger charge is -2.25. The number of nitrogens with one attached hydrogen (secondary N) is 1. The average Bonchev–Trinajstić information content (AvgIpc) is 2.74. The zero-order chi connectivity index (χ0) is 14.8. The molecule has 0 amide bonds. The van der Waals surface area contributed by atoms with Gasteiger partial charge < -0.3 is 10.4 Å². The van der Waals surface area contributed by atoms with Crippen LogP contribution in [-0.2, 0) is 0 Å². The van der Waals surface area contributed by atoms with Crippen molar-refractivity contribution in [2.45, 2.75) is 33.6 Å². The van der Waals surface area contributed by atoms with Crippen LogP contribution >= 0.6 is 22.9 Å². The normalized spacial score (nSPS) is 12.1. The van der Waals surface area contributed by atoms with Gasteiger partial charge >= 0.3 is 0 Å². The number of nitrogens with zero attached hydrogens (tertiary/aromatic N) is 2. The number of rotatable bonds is 6. The number of aromatic nitrogens is 2. The fourth-order valence-electron chi connectivity index (χ4n) is 2.12. The van der Waals surface area contributed by atoms with Crippen molar-refractivity contribution < 1.29 is 5.11 Å². The minimum Gasteiger partial charge on any atom is -0.396 e. The van der Waals surface area contributed by atoms with Crippen LogP contribution in [0.25, 0.3) is 10.2 Å². The lowest BCUT2D eigenvalue weighted by atomic mass is 9.88. The maximum absolute atomic E-state index is 8.94. The monoisotopic (exact) mass is 313 g/mol. The van der Waals surface area contributed by atoms with E-state index < -0.39 is 0 Å². The fraction of sp³-hybridized carbons (Fsp3) is 0.571. The molecule has 0 radical (unpaired) electrons. The number of aliphatic hydroxyl groups is 1. The predicted octanol–water partition coefficient (Wildman–Crippen LogP) is 3.86. The van der Waals surface area contributed by atoms with Crippen LogP contribution in [0.1, 0.15) is 31.6 Å². The zero-order valence-corrected chi connectivity index (χ0v) is 13.6. The topological polar surface area (TPSA) is 58.0 Å². The minimum atomic E-state index is 0.0948. The van der Waals surface area contributed by atoms with Gasteiger partial charge in [-0.05, 0) is 42.8 Å². The van der Waals surface area contributed by atoms with Crippen LogP contribution in [0.5, 0.6) is 0 Å². The summed E-state index contributed by atoms with van der Waals surface area (Å²) in [4.78, 5) is 10.7. The third-order valence-corrected chi connectivity index (χ3v) is 4.35. The molecule has 0 aliphatic rings. The van der Waals surface area contributed by atoms with Gasteiger partial charge in [0.15, 0.2) is 0 Å². The van der Waals surface area contributed by atoms with Crippen LogP contribution in [0.15, 0.2) is 6.07 Å². The molecule has 0 bridgehead atoms. The number of aryl methyl sites for hydroxylation is 1. The second kappa shape index (κ2) is 6.24. The second-order valence-electron chi connectivity index (χ2n) is 5.76. The number of halogens is 1. The lowest BCUT2D eigenvalue weighted by molar-refractivity contribution is 0.248. The van der Waals surface area contributed by atoms with Crippen molar-refractivity contribution in [3.05, 3.63) is 16.2 Å². The summed E-state index contributed by atoms with van der Waals surface area (Å²) in [7, 11) is 0. The van der Waals surface area contributed by atoms with E-state index in [9.17, 15) is 0 Å². The predicted molar refractivity (Wildman–Crippen MR) is 85.8 cm³/mol. The van der Waals surface area contributed by atoms with Gasteiger partial charge in [-0.3, -0.25) is 0 Å². The van der Waals surface area contributed by atoms with Crippen molar-refractivity contribution in [1.29, 1.82) is 0 Å². The molecule has 2 aromatic heterocycles. The number of aliphatic hydroxyl groups excluding tert-OH is 1. The summed E-state index contributed by atoms with van der Waals surface area (Å²) in [5, 5.41) is 13.6. The van der Waals surface area contributed by atoms with Gasteiger partial charge in [0.2, 0.25) is 5.28 Å². The molecular formula is C14H20ClN3OS. The van der Waals surface area contributed by atoms with Gasteiger partial charge in [0.1, 0.15) is 10.6 Å². The summed E-state index contributed by atoms with van der Waals surface area (Å²) in [6.45, 7) is 7.42. The van der Waals surface area contributed by atoms with E-state index in [0.29, 0.717) is 0 Å². The molecule has 0 atom stereocenters. The zero-order valence-electron chi connectivity index (χ0n) is 12.0. The Morgan fingerprint density at radius 2 is 2.15 bits per heavy atom. The SMILES string of the molecule is Cc1cc2c(NCC(C)(C)CCCO)nc(Cl)nc2s1. The Morgan fingerprint density at radius 3 is 2.85 bits per heavy atom. The van der Waals surface area contributed by atoms with E-state index in [0.717, 1.165) is 35.4 Å². The molecule has 20 heavy (non-hydrogen) atoms. The van der Waals surface area contributed by atoms with E-state index in [-0.39, 0.29) is 17.3 Å². The van der Waals surface area contributed by atoms with Crippen molar-refractivity contribution in [3.8, 4) is 0 Å². The van der Waals surface area contributed by atoms with Crippen LogP contribution < -0.4 is 5.32 Å². The molecule has 0 saturated carbocycles. The van der Waals surface area contributed by atoms with Crippen molar-refractivity contribution in [3.63, 3.8) is 0 Å². The highest BCUT2D eigenvalue weighted by atomic mass is 35.5. The van der Waals surface area contributed by atoms with Gasteiger partial charge in [-0.25, -0.2) is 9.97 Å². The Kier molecular flexibility index (Phi) is 4.83. The number of thiophene rings is 1. The molecule has 2 N–H and O–H groups in total. The van der Waals surface area contributed by atoms with E-state index >= 15 is 0 Å². The number of anilines is 1. The maximum Gasteiger partial charge on any atom is 0.225 e. The van der Waals surface area contributed by atoms with Crippen molar-refractivity contribution in [2.75, 3.05) is 18.5 Å². The number of hydrogen-bond acceptors (Lipinski definition) is 5. The number of fused-ring (bicyclic) bond motifs is 1. The van der Waals surface area contributed by atoms with E-state index in [1.165, 1.54) is 4.88 Å². The quantitative estimate of drug-likeness (QED) is 0.795. The number of hydrogen-bond donors (Lipinski definition) is 2. The molecule has 4 nitrogen and oxygen atoms in total. The molecule has 0 aliphatic heterocycles. The van der Waals surface area contributed by atoms with Gasteiger partial charge in [0.05, 0.1) is 5.39 Å². The van der Waals surface area contributed by atoms with E-state index in [4.69, 9.17) is 16.7 Å². The molecule has 0 fully saturated rings. The van der Waals surface area contributed by atoms with Crippen LogP contribution in [0.2, 0.25) is 5.28 Å². The van der Waals surface area contributed by atoms with Gasteiger partial charge in [-0.2, -0.15) is 0 Å². The average molecular weight is 314 g/mol. The Hall–Kier alpha value is -0.910. The Bertz CT molecular complexity index is 597. The Morgan fingerprint density at radius 1 is 1.40 bits per heavy atom. The molecule has 0 unspecified atom stereocenters. The lowest BCUT2D eigenvalue weighted by Crippen LogP contribution is -2.24. The van der Waals surface area contributed by atoms with Crippen molar-refractivity contribution in [1.82, 2.24) is 9.97 Å². The van der Waals surface area contributed by atoms with Crippen molar-refractivity contribution in [2.24, 2.45) is 5.41 Å². The summed E-state index contributed by atoms with van der Waals surface area (Å²) in [5.41, 5.74) is 0.0948. The molecule has 0 spiro atoms. The second-order valence-corrected chi connectivity index (χ2v) is 7.33. The van der Waals surface area contributed by atoms with Gasteiger partial charge in [0.25, 0.3) is 0 Å². The van der Waals surface area contributed by atoms with E-state index in [1.54, 1.807) is 11.3 Å². The minimum absolute atomic E-state index is 0.0948. The first-order valence-electron chi connectivity index (χ1n) is 6.70. The molecule has 0 aromatic carbocycles. The highest BCUT2D eigenvalue weighted by molar-refractivity contribution is 7.18. The molecule has 2 rings (SSSR count). The van der Waals surface area contributed by atoms with Crippen molar-refractivity contribution >= 4 is 39.0 Å². The van der Waals surface area contributed by atoms with Crippen LogP contribution in [-0.4, -0.2) is 28.2 Å². The van der Waals surface area contributed by atoms with Gasteiger partial charge in [-0.15, -0.1) is 11.3 Å². The smallest absolute Gasteiger partial charge is 0.225 e. The standard InChI is InChI=1S/C14H20ClN3OS/c1-9-7-10-11(17-13(15)18-12(10)20-9)16-8-14(2,3)5-4-6-19/h7,19H,4-6,8H2,1-3H3,(H,16,17,18). The Labute approximate surface area is 128 Å². The highest BCUT2D eigenvalue weighted by Crippen LogP contribution is 2.31. The Balaban J connectivity index is 2.17. The van der Waals surface area contributed by atoms with Crippen LogP contribution in [0.3, 0.4) is 0 Å². The summed E-state index contributed by atoms with van der Waals surface area (Å²) in [5.74, 6) is 0.793. The molecule has 6 heteroatoms. The molecule has 2 heterocycles. The summed E-state index contributed by atoms with van der Waals surface area (Å²) in [6.07, 6.45) is 1.77. The van der Waals surface area contributed by atoms with Crippen LogP contribution in [0, 0.1) is 12.3 Å². The molecule has 0 aliphatic carbocycles. The maximum atomic E-state index is 8.94. The highest BCUT2D eigenvalue weighted by Gasteiger charge is 2.18. The fourth-order valence-corrected chi connectivity index (χ4v) is 3.22. The first kappa shape index (κ1) is 15.5. The van der Waals surface area contributed by atoms with Gasteiger partial charge in [0, 0.05) is 18.0 Å². The molecule has 0 saturated heterocycles.